The first-order valence-electron chi connectivity index (χ1n) is 12.6. The Morgan fingerprint density at radius 1 is 1.26 bits per heavy atom. The second kappa shape index (κ2) is 10.3. The van der Waals surface area contributed by atoms with Gasteiger partial charge in [0, 0.05) is 29.7 Å². The predicted molar refractivity (Wildman–Crippen MR) is 131 cm³/mol. The van der Waals surface area contributed by atoms with Crippen molar-refractivity contribution in [2.24, 2.45) is 0 Å². The SMILES string of the molecule is CCCCNCC1=Cc2cc(COc3cccc4c3CN(C3CCC(O)NC3=O)C4=O)oc2CC1. The molecule has 35 heavy (non-hydrogen) atoms. The lowest BCUT2D eigenvalue weighted by atomic mass is 9.98. The maximum absolute atomic E-state index is 13.0. The molecule has 1 aliphatic carbocycles. The number of hydrogen-bond donors (Lipinski definition) is 3. The summed E-state index contributed by atoms with van der Waals surface area (Å²) in [4.78, 5) is 27.0. The second-order valence-electron chi connectivity index (χ2n) is 9.55. The van der Waals surface area contributed by atoms with Gasteiger partial charge in [-0.1, -0.05) is 31.1 Å². The van der Waals surface area contributed by atoms with Crippen LogP contribution in [-0.4, -0.2) is 47.2 Å². The third kappa shape index (κ3) is 4.99. The van der Waals surface area contributed by atoms with Crippen LogP contribution in [0.1, 0.15) is 72.0 Å². The fraction of sp³-hybridized carbons (Fsp3) is 0.481. The van der Waals surface area contributed by atoms with Gasteiger partial charge in [0.25, 0.3) is 5.91 Å². The Balaban J connectivity index is 1.24. The van der Waals surface area contributed by atoms with Crippen LogP contribution < -0.4 is 15.4 Å². The number of aliphatic hydroxyl groups is 1. The van der Waals surface area contributed by atoms with Crippen molar-refractivity contribution < 1.29 is 23.8 Å². The zero-order valence-electron chi connectivity index (χ0n) is 20.1. The number of furan rings is 1. The molecule has 1 aromatic carbocycles. The van der Waals surface area contributed by atoms with Gasteiger partial charge in [-0.15, -0.1) is 0 Å². The zero-order valence-corrected chi connectivity index (χ0v) is 20.1. The van der Waals surface area contributed by atoms with Gasteiger partial charge in [-0.05, 0) is 50.4 Å². The number of fused-ring (bicyclic) bond motifs is 2. The molecule has 1 aromatic heterocycles. The molecule has 8 heteroatoms. The van der Waals surface area contributed by atoms with E-state index in [1.165, 1.54) is 18.4 Å². The number of nitrogens with zero attached hydrogens (tertiary/aromatic N) is 1. The first-order valence-corrected chi connectivity index (χ1v) is 12.6. The number of aryl methyl sites for hydroxylation is 1. The van der Waals surface area contributed by atoms with E-state index in [1.54, 1.807) is 17.0 Å². The van der Waals surface area contributed by atoms with Crippen LogP contribution in [0.5, 0.6) is 5.75 Å². The highest BCUT2D eigenvalue weighted by atomic mass is 16.5. The van der Waals surface area contributed by atoms with E-state index in [4.69, 9.17) is 9.15 Å². The van der Waals surface area contributed by atoms with Crippen molar-refractivity contribution in [1.82, 2.24) is 15.5 Å². The van der Waals surface area contributed by atoms with E-state index in [0.717, 1.165) is 48.6 Å². The van der Waals surface area contributed by atoms with Gasteiger partial charge in [-0.2, -0.15) is 0 Å². The van der Waals surface area contributed by atoms with Crippen molar-refractivity contribution in [3.05, 3.63) is 58.0 Å². The number of hydrogen-bond acceptors (Lipinski definition) is 6. The van der Waals surface area contributed by atoms with Crippen molar-refractivity contribution in [2.45, 2.75) is 70.9 Å². The van der Waals surface area contributed by atoms with Crippen molar-refractivity contribution in [3.63, 3.8) is 0 Å². The second-order valence-corrected chi connectivity index (χ2v) is 9.55. The maximum atomic E-state index is 13.0. The van der Waals surface area contributed by atoms with Crippen LogP contribution in [0.3, 0.4) is 0 Å². The minimum Gasteiger partial charge on any atom is -0.485 e. The molecular weight excluding hydrogens is 446 g/mol. The van der Waals surface area contributed by atoms with Gasteiger partial charge in [0.1, 0.15) is 36.1 Å². The molecule has 3 aliphatic rings. The Kier molecular flexibility index (Phi) is 6.92. The first kappa shape index (κ1) is 23.6. The molecule has 1 fully saturated rings. The summed E-state index contributed by atoms with van der Waals surface area (Å²) in [5.41, 5.74) is 3.85. The Morgan fingerprint density at radius 3 is 2.97 bits per heavy atom. The lowest BCUT2D eigenvalue weighted by Crippen LogP contribution is -2.54. The van der Waals surface area contributed by atoms with Crippen LogP contribution in [0.25, 0.3) is 6.08 Å². The van der Waals surface area contributed by atoms with Gasteiger partial charge in [-0.25, -0.2) is 0 Å². The molecule has 2 atom stereocenters. The fourth-order valence-electron chi connectivity index (χ4n) is 5.08. The predicted octanol–water partition coefficient (Wildman–Crippen LogP) is 3.13. The minimum absolute atomic E-state index is 0.180. The molecule has 1 saturated heterocycles. The highest BCUT2D eigenvalue weighted by Gasteiger charge is 2.40. The van der Waals surface area contributed by atoms with Crippen LogP contribution in [0, 0.1) is 0 Å². The number of rotatable bonds is 9. The van der Waals surface area contributed by atoms with Crippen molar-refractivity contribution in [2.75, 3.05) is 13.1 Å². The maximum Gasteiger partial charge on any atom is 0.255 e. The number of nitrogens with one attached hydrogen (secondary N) is 2. The lowest BCUT2D eigenvalue weighted by Gasteiger charge is -2.32. The molecule has 8 nitrogen and oxygen atoms in total. The Labute approximate surface area is 205 Å². The summed E-state index contributed by atoms with van der Waals surface area (Å²) in [5, 5.41) is 15.7. The largest absolute Gasteiger partial charge is 0.485 e. The van der Waals surface area contributed by atoms with E-state index in [2.05, 4.69) is 23.6 Å². The van der Waals surface area contributed by atoms with E-state index < -0.39 is 12.3 Å². The van der Waals surface area contributed by atoms with E-state index >= 15 is 0 Å². The number of carbonyl (C=O) groups excluding carboxylic acids is 2. The summed E-state index contributed by atoms with van der Waals surface area (Å²) in [6.07, 6.45) is 6.49. The smallest absolute Gasteiger partial charge is 0.255 e. The van der Waals surface area contributed by atoms with Crippen molar-refractivity contribution in [3.8, 4) is 5.75 Å². The molecule has 5 rings (SSSR count). The first-order chi connectivity index (χ1) is 17.0. The van der Waals surface area contributed by atoms with Gasteiger partial charge in [-0.3, -0.25) is 9.59 Å². The number of benzene rings is 1. The monoisotopic (exact) mass is 479 g/mol. The third-order valence-electron chi connectivity index (χ3n) is 7.01. The van der Waals surface area contributed by atoms with Gasteiger partial charge in [0.05, 0.1) is 6.54 Å². The molecule has 3 N–H and O–H groups in total. The normalized spacial score (nSPS) is 21.4. The van der Waals surface area contributed by atoms with Crippen LogP contribution >= 0.6 is 0 Å². The summed E-state index contributed by atoms with van der Waals surface area (Å²) in [5.74, 6) is 1.87. The zero-order chi connectivity index (χ0) is 24.4. The molecule has 0 saturated carbocycles. The summed E-state index contributed by atoms with van der Waals surface area (Å²) in [6, 6.07) is 6.88. The number of ether oxygens (including phenoxy) is 1. The highest BCUT2D eigenvalue weighted by Crippen LogP contribution is 2.34. The molecule has 2 aliphatic heterocycles. The van der Waals surface area contributed by atoms with E-state index in [0.29, 0.717) is 30.7 Å². The number of amides is 2. The van der Waals surface area contributed by atoms with Gasteiger partial charge in [0.15, 0.2) is 0 Å². The molecule has 0 spiro atoms. The average Bonchev–Trinajstić information content (AvgIpc) is 3.41. The molecule has 0 radical (unpaired) electrons. The van der Waals surface area contributed by atoms with Crippen LogP contribution in [0.15, 0.2) is 34.3 Å². The summed E-state index contributed by atoms with van der Waals surface area (Å²) < 4.78 is 12.2. The van der Waals surface area contributed by atoms with Crippen LogP contribution in [0.4, 0.5) is 0 Å². The summed E-state index contributed by atoms with van der Waals surface area (Å²) in [6.45, 7) is 4.73. The van der Waals surface area contributed by atoms with Crippen LogP contribution in [-0.2, 0) is 24.4 Å². The Hall–Kier alpha value is -3.10. The van der Waals surface area contributed by atoms with Gasteiger partial charge >= 0.3 is 0 Å². The number of piperidine rings is 1. The fourth-order valence-corrected chi connectivity index (χ4v) is 5.08. The quantitative estimate of drug-likeness (QED) is 0.478. The van der Waals surface area contributed by atoms with Crippen LogP contribution in [0.2, 0.25) is 0 Å². The topological polar surface area (TPSA) is 104 Å². The van der Waals surface area contributed by atoms with Crippen molar-refractivity contribution >= 4 is 17.9 Å². The Bertz CT molecular complexity index is 1140. The van der Waals surface area contributed by atoms with Crippen molar-refractivity contribution in [1.29, 1.82) is 0 Å². The average molecular weight is 480 g/mol. The molecule has 2 unspecified atom stereocenters. The third-order valence-corrected chi connectivity index (χ3v) is 7.01. The van der Waals surface area contributed by atoms with E-state index in [9.17, 15) is 14.7 Å². The molecule has 2 aromatic rings. The Morgan fingerprint density at radius 2 is 2.14 bits per heavy atom. The molecule has 3 heterocycles. The lowest BCUT2D eigenvalue weighted by molar-refractivity contribution is -0.132. The van der Waals surface area contributed by atoms with E-state index in [-0.39, 0.29) is 18.4 Å². The number of carbonyl (C=O) groups is 2. The molecule has 186 valence electrons. The number of aliphatic hydroxyl groups excluding tert-OH is 1. The summed E-state index contributed by atoms with van der Waals surface area (Å²) >= 11 is 0. The van der Waals surface area contributed by atoms with E-state index in [1.807, 2.05) is 12.1 Å². The summed E-state index contributed by atoms with van der Waals surface area (Å²) in [7, 11) is 0. The highest BCUT2D eigenvalue weighted by molar-refractivity contribution is 6.01. The number of unbranched alkanes of at least 4 members (excludes halogenated alkanes) is 1. The molecule has 0 bridgehead atoms. The standard InChI is InChI=1S/C27H33N3O5/c1-2-3-11-28-14-17-7-9-23-18(12-17)13-19(35-23)16-34-24-6-4-5-20-21(24)15-30(27(20)33)22-8-10-25(31)29-26(22)32/h4-6,12-13,22,25,28,31H,2-3,7-11,14-16H2,1H3,(H,29,32). The van der Waals surface area contributed by atoms with Gasteiger partial charge < -0.3 is 29.8 Å². The molecule has 2 amide bonds. The minimum atomic E-state index is -0.847. The molecular formula is C27H33N3O5. The van der Waals surface area contributed by atoms with Gasteiger partial charge in [0.2, 0.25) is 5.91 Å².